The lowest BCUT2D eigenvalue weighted by molar-refractivity contribution is -0.138. The first-order chi connectivity index (χ1) is 15.8. The Hall–Kier alpha value is -3.03. The van der Waals surface area contributed by atoms with Crippen molar-refractivity contribution >= 4 is 11.6 Å². The van der Waals surface area contributed by atoms with Gasteiger partial charge in [0.2, 0.25) is 5.91 Å². The van der Waals surface area contributed by atoms with Crippen LogP contribution in [0.4, 0.5) is 13.2 Å². The van der Waals surface area contributed by atoms with E-state index < -0.39 is 11.7 Å². The lowest BCUT2D eigenvalue weighted by atomic mass is 10.0. The summed E-state index contributed by atoms with van der Waals surface area (Å²) in [5.41, 5.74) is 1.68. The fourth-order valence-corrected chi connectivity index (χ4v) is 4.41. The number of alkyl halides is 3. The molecule has 176 valence electrons. The van der Waals surface area contributed by atoms with E-state index in [1.54, 1.807) is 12.0 Å². The van der Waals surface area contributed by atoms with E-state index in [0.29, 0.717) is 18.5 Å². The monoisotopic (exact) mass is 460 g/mol. The number of hydrogen-bond acceptors (Lipinski definition) is 4. The lowest BCUT2D eigenvalue weighted by Crippen LogP contribution is -2.40. The third-order valence-electron chi connectivity index (χ3n) is 6.25. The predicted molar refractivity (Wildman–Crippen MR) is 118 cm³/mol. The third kappa shape index (κ3) is 5.67. The number of rotatable bonds is 7. The first-order valence-electron chi connectivity index (χ1n) is 11.2. The normalized spacial score (nSPS) is 18.7. The summed E-state index contributed by atoms with van der Waals surface area (Å²) >= 11 is 0. The first kappa shape index (κ1) is 23.1. The smallest absolute Gasteiger partial charge is 0.416 e. The number of halogens is 3. The number of oxime groups is 1. The Bertz CT molecular complexity index is 981. The second kappa shape index (κ2) is 9.85. The lowest BCUT2D eigenvalue weighted by Gasteiger charge is -2.27. The van der Waals surface area contributed by atoms with Crippen LogP contribution in [0.2, 0.25) is 0 Å². The van der Waals surface area contributed by atoms with Crippen molar-refractivity contribution in [2.45, 2.75) is 50.9 Å². The molecule has 2 aliphatic rings. The molecule has 1 fully saturated rings. The van der Waals surface area contributed by atoms with Crippen molar-refractivity contribution in [3.05, 3.63) is 65.2 Å². The van der Waals surface area contributed by atoms with Crippen LogP contribution in [0.1, 0.15) is 48.8 Å². The number of carbonyl (C=O) groups is 1. The third-order valence-corrected chi connectivity index (χ3v) is 6.25. The van der Waals surface area contributed by atoms with E-state index in [-0.39, 0.29) is 24.5 Å². The van der Waals surface area contributed by atoms with Crippen LogP contribution in [0.5, 0.6) is 5.75 Å². The van der Waals surface area contributed by atoms with Crippen molar-refractivity contribution in [1.29, 1.82) is 0 Å². The number of amides is 1. The molecular formula is C25H27F3N2O3. The van der Waals surface area contributed by atoms with Gasteiger partial charge in [0, 0.05) is 18.9 Å². The highest BCUT2D eigenvalue weighted by Crippen LogP contribution is 2.31. The van der Waals surface area contributed by atoms with Crippen LogP contribution in [0.15, 0.2) is 53.7 Å². The van der Waals surface area contributed by atoms with Gasteiger partial charge in [-0.3, -0.25) is 4.79 Å². The molecule has 4 rings (SSSR count). The maximum absolute atomic E-state index is 13.2. The SMILES string of the molecule is COc1ccc(C2=NOC(CN(Cc3ccc(C(F)(F)F)cc3)C(=O)C3CCCC3)C2)cc1. The molecule has 2 aromatic carbocycles. The zero-order valence-corrected chi connectivity index (χ0v) is 18.5. The number of methoxy groups -OCH3 is 1. The molecule has 33 heavy (non-hydrogen) atoms. The summed E-state index contributed by atoms with van der Waals surface area (Å²) in [6.45, 7) is 0.574. The molecule has 1 aliphatic carbocycles. The summed E-state index contributed by atoms with van der Waals surface area (Å²) in [5.74, 6) is 0.747. The van der Waals surface area contributed by atoms with Crippen LogP contribution in [0.3, 0.4) is 0 Å². The van der Waals surface area contributed by atoms with Crippen molar-refractivity contribution in [1.82, 2.24) is 4.90 Å². The molecule has 0 N–H and O–H groups in total. The van der Waals surface area contributed by atoms with Crippen molar-refractivity contribution < 1.29 is 27.5 Å². The van der Waals surface area contributed by atoms with Crippen LogP contribution in [0.25, 0.3) is 0 Å². The van der Waals surface area contributed by atoms with Crippen LogP contribution in [0, 0.1) is 5.92 Å². The van der Waals surface area contributed by atoms with Crippen molar-refractivity contribution in [3.8, 4) is 5.75 Å². The molecule has 0 aromatic heterocycles. The van der Waals surface area contributed by atoms with Gasteiger partial charge in [-0.15, -0.1) is 0 Å². The van der Waals surface area contributed by atoms with Crippen molar-refractivity contribution in [2.75, 3.05) is 13.7 Å². The van der Waals surface area contributed by atoms with Gasteiger partial charge in [0.25, 0.3) is 0 Å². The number of nitrogens with zero attached hydrogens (tertiary/aromatic N) is 2. The van der Waals surface area contributed by atoms with Gasteiger partial charge in [-0.25, -0.2) is 0 Å². The fourth-order valence-electron chi connectivity index (χ4n) is 4.41. The van der Waals surface area contributed by atoms with E-state index in [2.05, 4.69) is 5.16 Å². The molecule has 2 aromatic rings. The summed E-state index contributed by atoms with van der Waals surface area (Å²) in [5, 5.41) is 4.21. The van der Waals surface area contributed by atoms with Gasteiger partial charge >= 0.3 is 6.18 Å². The molecule has 0 spiro atoms. The summed E-state index contributed by atoms with van der Waals surface area (Å²) < 4.78 is 43.9. The van der Waals surface area contributed by atoms with Gasteiger partial charge in [0.1, 0.15) is 5.75 Å². The van der Waals surface area contributed by atoms with Gasteiger partial charge in [0.15, 0.2) is 6.10 Å². The van der Waals surface area contributed by atoms with E-state index in [4.69, 9.17) is 9.57 Å². The Morgan fingerprint density at radius 1 is 1.09 bits per heavy atom. The van der Waals surface area contributed by atoms with Gasteiger partial charge < -0.3 is 14.5 Å². The Morgan fingerprint density at radius 3 is 2.36 bits per heavy atom. The molecule has 0 saturated heterocycles. The summed E-state index contributed by atoms with van der Waals surface area (Å²) in [6.07, 6.45) is -0.395. The topological polar surface area (TPSA) is 51.1 Å². The summed E-state index contributed by atoms with van der Waals surface area (Å²) in [7, 11) is 1.61. The van der Waals surface area contributed by atoms with Crippen molar-refractivity contribution in [2.24, 2.45) is 11.1 Å². The zero-order chi connectivity index (χ0) is 23.4. The van der Waals surface area contributed by atoms with Crippen molar-refractivity contribution in [3.63, 3.8) is 0 Å². The number of ether oxygens (including phenoxy) is 1. The van der Waals surface area contributed by atoms with E-state index in [1.165, 1.54) is 12.1 Å². The highest BCUT2D eigenvalue weighted by Gasteiger charge is 2.33. The average Bonchev–Trinajstić information content (AvgIpc) is 3.51. The second-order valence-corrected chi connectivity index (χ2v) is 8.59. The molecule has 8 heteroatoms. The molecule has 0 radical (unpaired) electrons. The molecule has 1 unspecified atom stereocenters. The standard InChI is InChI=1S/C25H27F3N2O3/c1-32-21-12-8-18(9-13-21)23-14-22(33-29-23)16-30(24(31)19-4-2-3-5-19)15-17-6-10-20(11-7-17)25(26,27)28/h6-13,19,22H,2-5,14-16H2,1H3. The minimum Gasteiger partial charge on any atom is -0.497 e. The molecular weight excluding hydrogens is 433 g/mol. The highest BCUT2D eigenvalue weighted by atomic mass is 19.4. The van der Waals surface area contributed by atoms with Crippen LogP contribution in [-0.2, 0) is 22.4 Å². The first-order valence-corrected chi connectivity index (χ1v) is 11.2. The number of carbonyl (C=O) groups excluding carboxylic acids is 1. The van der Waals surface area contributed by atoms with Crippen LogP contribution >= 0.6 is 0 Å². The number of benzene rings is 2. The van der Waals surface area contributed by atoms with E-state index in [1.807, 2.05) is 24.3 Å². The van der Waals surface area contributed by atoms with Gasteiger partial charge in [0.05, 0.1) is 24.9 Å². The minimum atomic E-state index is -4.38. The van der Waals surface area contributed by atoms with Crippen LogP contribution in [-0.4, -0.2) is 36.3 Å². The summed E-state index contributed by atoms with van der Waals surface area (Å²) in [6, 6.07) is 12.5. The molecule has 1 atom stereocenters. The van der Waals surface area contributed by atoms with Gasteiger partial charge in [-0.2, -0.15) is 13.2 Å². The van der Waals surface area contributed by atoms with E-state index >= 15 is 0 Å². The Morgan fingerprint density at radius 2 is 1.76 bits per heavy atom. The molecule has 0 bridgehead atoms. The maximum Gasteiger partial charge on any atom is 0.416 e. The van der Waals surface area contributed by atoms with Crippen LogP contribution < -0.4 is 4.74 Å². The fraction of sp³-hybridized carbons (Fsp3) is 0.440. The van der Waals surface area contributed by atoms with Gasteiger partial charge in [-0.1, -0.05) is 30.1 Å². The summed E-state index contributed by atoms with van der Waals surface area (Å²) in [4.78, 5) is 20.6. The zero-order valence-electron chi connectivity index (χ0n) is 18.5. The minimum absolute atomic E-state index is 0.0360. The Balaban J connectivity index is 1.44. The molecule has 1 heterocycles. The number of hydrogen-bond donors (Lipinski definition) is 0. The van der Waals surface area contributed by atoms with Gasteiger partial charge in [-0.05, 0) is 60.4 Å². The Kier molecular flexibility index (Phi) is 6.91. The average molecular weight is 460 g/mol. The second-order valence-electron chi connectivity index (χ2n) is 8.59. The van der Waals surface area contributed by atoms with E-state index in [0.717, 1.165) is 54.8 Å². The maximum atomic E-state index is 13.2. The highest BCUT2D eigenvalue weighted by molar-refractivity contribution is 6.01. The molecule has 1 saturated carbocycles. The molecule has 5 nitrogen and oxygen atoms in total. The van der Waals surface area contributed by atoms with E-state index in [9.17, 15) is 18.0 Å². The largest absolute Gasteiger partial charge is 0.497 e. The predicted octanol–water partition coefficient (Wildman–Crippen LogP) is 5.43. The Labute approximate surface area is 191 Å². The quantitative estimate of drug-likeness (QED) is 0.554. The molecule has 1 amide bonds. The molecule has 1 aliphatic heterocycles.